The molecule has 70 heavy (non-hydrogen) atoms. The van der Waals surface area contributed by atoms with Crippen LogP contribution in [0.25, 0.3) is 0 Å². The summed E-state index contributed by atoms with van der Waals surface area (Å²) < 4.78 is 0. The number of rotatable bonds is 63. The third-order valence-electron chi connectivity index (χ3n) is 16.1. The summed E-state index contributed by atoms with van der Waals surface area (Å²) in [5.74, 6) is -0.0200. The van der Waals surface area contributed by atoms with Gasteiger partial charge in [-0.3, -0.25) is 4.79 Å². The molecule has 0 fully saturated rings. The fourth-order valence-electron chi connectivity index (χ4n) is 11.1. The van der Waals surface area contributed by atoms with Crippen molar-refractivity contribution >= 4 is 5.91 Å². The first-order valence-corrected chi connectivity index (χ1v) is 33.2. The van der Waals surface area contributed by atoms with Crippen LogP contribution in [0.15, 0.2) is 0 Å². The van der Waals surface area contributed by atoms with Crippen molar-refractivity contribution in [2.45, 2.75) is 411 Å². The van der Waals surface area contributed by atoms with Crippen LogP contribution in [0.5, 0.6) is 0 Å². The zero-order chi connectivity index (χ0) is 50.6. The molecule has 0 aromatic carbocycles. The number of aliphatic hydroxyl groups is 2. The standard InChI is InChI=1S/C66H133NO3/c1-3-5-7-9-11-13-15-17-19-21-23-25-27-28-29-30-31-32-33-34-35-36-37-38-39-40-42-44-46-48-50-52-54-56-58-60-62-66(70)67-64(63-68)65(69)61-59-57-55-53-51-49-47-45-43-41-26-24-22-20-18-16-14-12-10-8-6-4-2/h64-65,68-69H,3-63H2,1-2H3,(H,67,70). The van der Waals surface area contributed by atoms with Crippen molar-refractivity contribution < 1.29 is 15.0 Å². The lowest BCUT2D eigenvalue weighted by Gasteiger charge is -2.22. The first-order chi connectivity index (χ1) is 34.7. The number of amides is 1. The highest BCUT2D eigenvalue weighted by atomic mass is 16.3. The largest absolute Gasteiger partial charge is 0.394 e. The number of nitrogens with one attached hydrogen (secondary N) is 1. The molecule has 0 aliphatic rings. The molecule has 0 radical (unpaired) electrons. The Labute approximate surface area is 442 Å². The molecule has 4 heteroatoms. The van der Waals surface area contributed by atoms with Crippen LogP contribution in [0, 0.1) is 0 Å². The number of carbonyl (C=O) groups excluding carboxylic acids is 1. The lowest BCUT2D eigenvalue weighted by atomic mass is 10.0. The number of aliphatic hydroxyl groups excluding tert-OH is 2. The Morgan fingerprint density at radius 3 is 0.643 bits per heavy atom. The van der Waals surface area contributed by atoms with Gasteiger partial charge in [-0.15, -0.1) is 0 Å². The summed E-state index contributed by atoms with van der Waals surface area (Å²) >= 11 is 0. The van der Waals surface area contributed by atoms with Gasteiger partial charge in [-0.2, -0.15) is 0 Å². The van der Waals surface area contributed by atoms with Gasteiger partial charge in [-0.25, -0.2) is 0 Å². The van der Waals surface area contributed by atoms with E-state index in [-0.39, 0.29) is 12.5 Å². The number of unbranched alkanes of at least 4 members (excludes halogenated alkanes) is 56. The fraction of sp³-hybridized carbons (Fsp3) is 0.985. The smallest absolute Gasteiger partial charge is 0.220 e. The van der Waals surface area contributed by atoms with Crippen LogP contribution in [0.4, 0.5) is 0 Å². The fourth-order valence-corrected chi connectivity index (χ4v) is 11.1. The van der Waals surface area contributed by atoms with Crippen molar-refractivity contribution in [2.75, 3.05) is 6.61 Å². The SMILES string of the molecule is CCCCCCCCCCCCCCCCCCCCCCCCCCCCCCCCCCCCCCC(=O)NC(CO)C(O)CCCCCCCCCCCCCCCCCCCCCCCC. The average molecular weight is 989 g/mol. The quantitative estimate of drug-likeness (QED) is 0.0532. The van der Waals surface area contributed by atoms with Gasteiger partial charge in [0.05, 0.1) is 18.8 Å². The Morgan fingerprint density at radius 2 is 0.457 bits per heavy atom. The van der Waals surface area contributed by atoms with Crippen LogP contribution in [0.3, 0.4) is 0 Å². The van der Waals surface area contributed by atoms with E-state index >= 15 is 0 Å². The maximum absolute atomic E-state index is 12.5. The molecule has 0 aromatic heterocycles. The second kappa shape index (κ2) is 62.7. The summed E-state index contributed by atoms with van der Waals surface area (Å²) in [5, 5.41) is 23.4. The monoisotopic (exact) mass is 988 g/mol. The normalized spacial score (nSPS) is 12.6. The highest BCUT2D eigenvalue weighted by Crippen LogP contribution is 2.20. The molecule has 1 amide bonds. The number of carbonyl (C=O) groups is 1. The summed E-state index contributed by atoms with van der Waals surface area (Å²) in [5.41, 5.74) is 0. The van der Waals surface area contributed by atoms with Crippen LogP contribution in [-0.2, 0) is 4.79 Å². The minimum absolute atomic E-state index is 0.0200. The van der Waals surface area contributed by atoms with E-state index in [0.717, 1.165) is 25.7 Å². The molecule has 0 heterocycles. The predicted molar refractivity (Wildman–Crippen MR) is 313 cm³/mol. The van der Waals surface area contributed by atoms with E-state index in [1.807, 2.05) is 0 Å². The van der Waals surface area contributed by atoms with E-state index in [1.165, 1.54) is 347 Å². The van der Waals surface area contributed by atoms with Crippen LogP contribution in [0.2, 0.25) is 0 Å². The molecule has 0 saturated carbocycles. The molecule has 4 nitrogen and oxygen atoms in total. The summed E-state index contributed by atoms with van der Waals surface area (Å²) in [4.78, 5) is 12.5. The van der Waals surface area contributed by atoms with Gasteiger partial charge in [-0.1, -0.05) is 380 Å². The van der Waals surface area contributed by atoms with E-state index in [1.54, 1.807) is 0 Å². The van der Waals surface area contributed by atoms with Crippen molar-refractivity contribution in [1.82, 2.24) is 5.32 Å². The minimum atomic E-state index is -0.656. The molecule has 3 N–H and O–H groups in total. The Morgan fingerprint density at radius 1 is 0.286 bits per heavy atom. The van der Waals surface area contributed by atoms with Crippen molar-refractivity contribution in [3.8, 4) is 0 Å². The average Bonchev–Trinajstić information content (AvgIpc) is 3.36. The van der Waals surface area contributed by atoms with Crippen molar-refractivity contribution in [3.05, 3.63) is 0 Å². The highest BCUT2D eigenvalue weighted by molar-refractivity contribution is 5.76. The number of hydrogen-bond acceptors (Lipinski definition) is 3. The second-order valence-corrected chi connectivity index (χ2v) is 23.3. The summed E-state index contributed by atoms with van der Waals surface area (Å²) in [6.07, 6.45) is 81.5. The molecule has 0 aliphatic heterocycles. The first-order valence-electron chi connectivity index (χ1n) is 33.2. The molecular weight excluding hydrogens is 855 g/mol. The van der Waals surface area contributed by atoms with E-state index in [9.17, 15) is 15.0 Å². The Kier molecular flexibility index (Phi) is 62.1. The van der Waals surface area contributed by atoms with Gasteiger partial charge in [0.25, 0.3) is 0 Å². The Bertz CT molecular complexity index is 940. The first kappa shape index (κ1) is 69.4. The topological polar surface area (TPSA) is 69.6 Å². The summed E-state index contributed by atoms with van der Waals surface area (Å²) in [7, 11) is 0. The van der Waals surface area contributed by atoms with Gasteiger partial charge in [0.1, 0.15) is 0 Å². The van der Waals surface area contributed by atoms with E-state index in [2.05, 4.69) is 19.2 Å². The molecular formula is C66H133NO3. The highest BCUT2D eigenvalue weighted by Gasteiger charge is 2.20. The Balaban J connectivity index is 3.34. The molecule has 0 saturated heterocycles. The van der Waals surface area contributed by atoms with Gasteiger partial charge in [0.2, 0.25) is 5.91 Å². The van der Waals surface area contributed by atoms with E-state index in [4.69, 9.17) is 0 Å². The van der Waals surface area contributed by atoms with Crippen molar-refractivity contribution in [1.29, 1.82) is 0 Å². The van der Waals surface area contributed by atoms with Crippen LogP contribution in [-0.4, -0.2) is 34.9 Å². The summed E-state index contributed by atoms with van der Waals surface area (Å²) in [6, 6.07) is -0.532. The minimum Gasteiger partial charge on any atom is -0.394 e. The van der Waals surface area contributed by atoms with Crippen LogP contribution >= 0.6 is 0 Å². The van der Waals surface area contributed by atoms with Crippen LogP contribution in [0.1, 0.15) is 399 Å². The zero-order valence-corrected chi connectivity index (χ0v) is 48.6. The lowest BCUT2D eigenvalue weighted by molar-refractivity contribution is -0.123. The van der Waals surface area contributed by atoms with Crippen molar-refractivity contribution in [3.63, 3.8) is 0 Å². The predicted octanol–water partition coefficient (Wildman–Crippen LogP) is 22.3. The van der Waals surface area contributed by atoms with E-state index < -0.39 is 12.1 Å². The molecule has 0 rings (SSSR count). The zero-order valence-electron chi connectivity index (χ0n) is 48.6. The maximum atomic E-state index is 12.5. The van der Waals surface area contributed by atoms with Gasteiger partial charge >= 0.3 is 0 Å². The molecule has 0 spiro atoms. The number of hydrogen-bond donors (Lipinski definition) is 3. The third-order valence-corrected chi connectivity index (χ3v) is 16.1. The maximum Gasteiger partial charge on any atom is 0.220 e. The molecule has 420 valence electrons. The van der Waals surface area contributed by atoms with Gasteiger partial charge in [0, 0.05) is 6.42 Å². The lowest BCUT2D eigenvalue weighted by Crippen LogP contribution is -2.45. The molecule has 2 unspecified atom stereocenters. The molecule has 0 aromatic rings. The second-order valence-electron chi connectivity index (χ2n) is 23.3. The molecule has 0 bridgehead atoms. The van der Waals surface area contributed by atoms with E-state index in [0.29, 0.717) is 12.8 Å². The van der Waals surface area contributed by atoms with Gasteiger partial charge in [0.15, 0.2) is 0 Å². The van der Waals surface area contributed by atoms with Crippen molar-refractivity contribution in [2.24, 2.45) is 0 Å². The molecule has 2 atom stereocenters. The van der Waals surface area contributed by atoms with Gasteiger partial charge in [-0.05, 0) is 12.8 Å². The van der Waals surface area contributed by atoms with Crippen LogP contribution < -0.4 is 5.32 Å². The van der Waals surface area contributed by atoms with Gasteiger partial charge < -0.3 is 15.5 Å². The third kappa shape index (κ3) is 58.3. The molecule has 0 aliphatic carbocycles. The Hall–Kier alpha value is -0.610. The summed E-state index contributed by atoms with van der Waals surface area (Å²) in [6.45, 7) is 4.42.